The van der Waals surface area contributed by atoms with E-state index in [1.54, 1.807) is 0 Å². The zero-order chi connectivity index (χ0) is 10.7. The van der Waals surface area contributed by atoms with Crippen molar-refractivity contribution in [3.05, 3.63) is 0 Å². The summed E-state index contributed by atoms with van der Waals surface area (Å²) in [5.41, 5.74) is 0. The van der Waals surface area contributed by atoms with E-state index < -0.39 is 9.84 Å². The molecular weight excluding hydrogens is 214 g/mol. The quantitative estimate of drug-likeness (QED) is 0.763. The van der Waals surface area contributed by atoms with E-state index in [-0.39, 0.29) is 0 Å². The van der Waals surface area contributed by atoms with Crippen molar-refractivity contribution in [3.8, 4) is 0 Å². The van der Waals surface area contributed by atoms with Crippen LogP contribution in [-0.2, 0) is 14.6 Å². The Morgan fingerprint density at radius 3 is 2.53 bits per heavy atom. The maximum Gasteiger partial charge on any atom is 0.150 e. The maximum atomic E-state index is 11.2. The van der Waals surface area contributed by atoms with Crippen LogP contribution in [0.3, 0.4) is 0 Å². The summed E-state index contributed by atoms with van der Waals surface area (Å²) in [6.45, 7) is 1.76. The normalized spacial score (nSPS) is 31.9. The van der Waals surface area contributed by atoms with E-state index in [1.165, 1.54) is 0 Å². The Morgan fingerprint density at radius 1 is 1.20 bits per heavy atom. The van der Waals surface area contributed by atoms with Gasteiger partial charge in [0, 0.05) is 19.2 Å². The lowest BCUT2D eigenvalue weighted by Crippen LogP contribution is -2.40. The molecule has 0 saturated carbocycles. The Balaban J connectivity index is 1.68. The predicted octanol–water partition coefficient (Wildman–Crippen LogP) is 0.332. The molecule has 2 saturated heterocycles. The lowest BCUT2D eigenvalue weighted by Gasteiger charge is -2.24. The lowest BCUT2D eigenvalue weighted by molar-refractivity contribution is 0.107. The molecule has 1 atom stereocenters. The Bertz CT molecular complexity index is 282. The van der Waals surface area contributed by atoms with Crippen LogP contribution < -0.4 is 5.32 Å². The van der Waals surface area contributed by atoms with E-state index >= 15 is 0 Å². The Kier molecular flexibility index (Phi) is 3.64. The van der Waals surface area contributed by atoms with E-state index in [9.17, 15) is 8.42 Å². The highest BCUT2D eigenvalue weighted by Crippen LogP contribution is 2.14. The third-order valence-electron chi connectivity index (χ3n) is 3.21. The molecule has 4 nitrogen and oxygen atoms in total. The van der Waals surface area contributed by atoms with Gasteiger partial charge in [-0.2, -0.15) is 0 Å². The van der Waals surface area contributed by atoms with Gasteiger partial charge >= 0.3 is 0 Å². The number of sulfone groups is 1. The molecular formula is C10H19NO3S. The molecule has 0 spiro atoms. The van der Waals surface area contributed by atoms with Gasteiger partial charge in [0.1, 0.15) is 9.84 Å². The summed E-state index contributed by atoms with van der Waals surface area (Å²) in [4.78, 5) is 0. The summed E-state index contributed by atoms with van der Waals surface area (Å²) < 4.78 is 27.9. The van der Waals surface area contributed by atoms with Gasteiger partial charge in [-0.1, -0.05) is 0 Å². The topological polar surface area (TPSA) is 55.4 Å². The highest BCUT2D eigenvalue weighted by atomic mass is 32.2. The second-order valence-electron chi connectivity index (χ2n) is 4.47. The van der Waals surface area contributed by atoms with Crippen molar-refractivity contribution in [2.75, 3.05) is 24.7 Å². The van der Waals surface area contributed by atoms with Gasteiger partial charge in [0.15, 0.2) is 0 Å². The number of hydrogen-bond donors (Lipinski definition) is 1. The molecule has 2 fully saturated rings. The van der Waals surface area contributed by atoms with Gasteiger partial charge in [0.2, 0.25) is 0 Å². The van der Waals surface area contributed by atoms with Gasteiger partial charge in [-0.25, -0.2) is 8.42 Å². The summed E-state index contributed by atoms with van der Waals surface area (Å²) in [6, 6.07) is 0.373. The van der Waals surface area contributed by atoms with Gasteiger partial charge < -0.3 is 10.1 Å². The Hall–Kier alpha value is -0.130. The fourth-order valence-electron chi connectivity index (χ4n) is 2.20. The third-order valence-corrected chi connectivity index (χ3v) is 4.93. The van der Waals surface area contributed by atoms with E-state index in [4.69, 9.17) is 4.74 Å². The number of ether oxygens (including phenoxy) is 1. The second-order valence-corrected chi connectivity index (χ2v) is 6.77. The molecule has 5 heteroatoms. The van der Waals surface area contributed by atoms with Crippen LogP contribution in [0.2, 0.25) is 0 Å². The molecule has 2 aliphatic heterocycles. The molecule has 0 aromatic carbocycles. The number of rotatable bonds is 3. The van der Waals surface area contributed by atoms with Crippen LogP contribution in [0.4, 0.5) is 0 Å². The first-order chi connectivity index (χ1) is 7.16. The van der Waals surface area contributed by atoms with Gasteiger partial charge in [-0.15, -0.1) is 0 Å². The summed E-state index contributed by atoms with van der Waals surface area (Å²) >= 11 is 0. The fourth-order valence-corrected chi connectivity index (χ4v) is 3.69. The van der Waals surface area contributed by atoms with Crippen molar-refractivity contribution in [2.24, 2.45) is 0 Å². The van der Waals surface area contributed by atoms with Crippen molar-refractivity contribution in [3.63, 3.8) is 0 Å². The van der Waals surface area contributed by atoms with Crippen molar-refractivity contribution in [2.45, 2.75) is 37.8 Å². The van der Waals surface area contributed by atoms with E-state index in [0.717, 1.165) is 38.8 Å². The molecule has 0 radical (unpaired) electrons. The van der Waals surface area contributed by atoms with Crippen LogP contribution in [0, 0.1) is 0 Å². The summed E-state index contributed by atoms with van der Waals surface area (Å²) in [6.07, 6.45) is 4.16. The molecule has 1 unspecified atom stereocenters. The van der Waals surface area contributed by atoms with Crippen LogP contribution in [0.1, 0.15) is 25.7 Å². The lowest BCUT2D eigenvalue weighted by atomic mass is 10.1. The summed E-state index contributed by atoms with van der Waals surface area (Å²) in [5.74, 6) is 0.687. The minimum Gasteiger partial charge on any atom is -0.377 e. The standard InChI is InChI=1S/C10H19NO3S/c12-15(13)6-3-9(4-7-15)11-8-10-2-1-5-14-10/h9-11H,1-8H2. The molecule has 0 bridgehead atoms. The average Bonchev–Trinajstić information content (AvgIpc) is 2.69. The largest absolute Gasteiger partial charge is 0.377 e. The molecule has 15 heavy (non-hydrogen) atoms. The molecule has 2 rings (SSSR count). The first-order valence-electron chi connectivity index (χ1n) is 5.71. The monoisotopic (exact) mass is 233 g/mol. The van der Waals surface area contributed by atoms with E-state index in [1.807, 2.05) is 0 Å². The highest BCUT2D eigenvalue weighted by Gasteiger charge is 2.24. The van der Waals surface area contributed by atoms with Gasteiger partial charge in [-0.3, -0.25) is 0 Å². The molecule has 2 aliphatic rings. The van der Waals surface area contributed by atoms with Crippen LogP contribution >= 0.6 is 0 Å². The van der Waals surface area contributed by atoms with Gasteiger partial charge in [0.25, 0.3) is 0 Å². The molecule has 0 aliphatic carbocycles. The zero-order valence-electron chi connectivity index (χ0n) is 8.94. The van der Waals surface area contributed by atoms with Crippen molar-refractivity contribution < 1.29 is 13.2 Å². The molecule has 0 amide bonds. The molecule has 0 aromatic rings. The molecule has 1 N–H and O–H groups in total. The molecule has 88 valence electrons. The molecule has 0 aromatic heterocycles. The maximum absolute atomic E-state index is 11.2. The number of hydrogen-bond acceptors (Lipinski definition) is 4. The fraction of sp³-hybridized carbons (Fsp3) is 1.00. The van der Waals surface area contributed by atoms with E-state index in [0.29, 0.717) is 23.7 Å². The van der Waals surface area contributed by atoms with Crippen LogP contribution in [0.15, 0.2) is 0 Å². The summed E-state index contributed by atoms with van der Waals surface area (Å²) in [5, 5.41) is 3.41. The van der Waals surface area contributed by atoms with E-state index in [2.05, 4.69) is 5.32 Å². The zero-order valence-corrected chi connectivity index (χ0v) is 9.76. The Morgan fingerprint density at radius 2 is 1.93 bits per heavy atom. The van der Waals surface area contributed by atoms with Crippen molar-refractivity contribution in [1.82, 2.24) is 5.32 Å². The second kappa shape index (κ2) is 4.80. The smallest absolute Gasteiger partial charge is 0.150 e. The van der Waals surface area contributed by atoms with Crippen molar-refractivity contribution in [1.29, 1.82) is 0 Å². The third kappa shape index (κ3) is 3.43. The first kappa shape index (κ1) is 11.4. The van der Waals surface area contributed by atoms with Crippen molar-refractivity contribution >= 4 is 9.84 Å². The minimum absolute atomic E-state index is 0.343. The van der Waals surface area contributed by atoms with Gasteiger partial charge in [-0.05, 0) is 25.7 Å². The summed E-state index contributed by atoms with van der Waals surface area (Å²) in [7, 11) is -2.72. The highest BCUT2D eigenvalue weighted by molar-refractivity contribution is 7.91. The molecule has 2 heterocycles. The Labute approximate surface area is 91.3 Å². The number of nitrogens with one attached hydrogen (secondary N) is 1. The van der Waals surface area contributed by atoms with Crippen LogP contribution in [0.25, 0.3) is 0 Å². The van der Waals surface area contributed by atoms with Crippen LogP contribution in [-0.4, -0.2) is 45.2 Å². The SMILES string of the molecule is O=S1(=O)CCC(NCC2CCCO2)CC1. The average molecular weight is 233 g/mol. The minimum atomic E-state index is -2.72. The first-order valence-corrected chi connectivity index (χ1v) is 7.53. The van der Waals surface area contributed by atoms with Crippen LogP contribution in [0.5, 0.6) is 0 Å². The van der Waals surface area contributed by atoms with Gasteiger partial charge in [0.05, 0.1) is 17.6 Å². The predicted molar refractivity (Wildman–Crippen MR) is 58.7 cm³/mol.